The zero-order valence-electron chi connectivity index (χ0n) is 18.1. The standard InChI is InChI=1S/C21H28F3N5O2/c1-4-31-16-11-15(20(16)9-5-6-10-20)26-17(30)8-7-14-12(2)25-19-27-18(21(22,23)24)28-29(19)13(14)3/h15-16H,4-11H2,1-3H3,(H,26,30)/t15-,16-/m1/s1. The van der Waals surface area contributed by atoms with Crippen LogP contribution in [0.5, 0.6) is 0 Å². The predicted octanol–water partition coefficient (Wildman–Crippen LogP) is 3.55. The van der Waals surface area contributed by atoms with E-state index in [9.17, 15) is 18.0 Å². The van der Waals surface area contributed by atoms with Crippen molar-refractivity contribution in [2.75, 3.05) is 6.61 Å². The topological polar surface area (TPSA) is 81.4 Å². The summed E-state index contributed by atoms with van der Waals surface area (Å²) >= 11 is 0. The van der Waals surface area contributed by atoms with Gasteiger partial charge in [-0.3, -0.25) is 4.79 Å². The van der Waals surface area contributed by atoms with E-state index in [-0.39, 0.29) is 35.7 Å². The molecule has 2 aliphatic carbocycles. The molecule has 7 nitrogen and oxygen atoms in total. The van der Waals surface area contributed by atoms with Gasteiger partial charge in [0.1, 0.15) is 0 Å². The number of hydrogen-bond acceptors (Lipinski definition) is 5. The van der Waals surface area contributed by atoms with E-state index in [4.69, 9.17) is 4.74 Å². The van der Waals surface area contributed by atoms with Crippen LogP contribution in [-0.4, -0.2) is 44.2 Å². The molecular weight excluding hydrogens is 411 g/mol. The first-order valence-electron chi connectivity index (χ1n) is 10.9. The molecule has 4 rings (SSSR count). The minimum Gasteiger partial charge on any atom is -0.378 e. The quantitative estimate of drug-likeness (QED) is 0.745. The van der Waals surface area contributed by atoms with Crippen LogP contribution in [0.15, 0.2) is 0 Å². The van der Waals surface area contributed by atoms with E-state index in [1.807, 2.05) is 6.92 Å². The first-order chi connectivity index (χ1) is 14.7. The van der Waals surface area contributed by atoms with Gasteiger partial charge in [0, 0.05) is 35.9 Å². The van der Waals surface area contributed by atoms with Crippen LogP contribution in [0.25, 0.3) is 5.78 Å². The number of aryl methyl sites for hydroxylation is 2. The molecule has 2 aromatic rings. The number of nitrogens with zero attached hydrogens (tertiary/aromatic N) is 4. The first-order valence-corrected chi connectivity index (χ1v) is 10.9. The third-order valence-corrected chi connectivity index (χ3v) is 6.93. The van der Waals surface area contributed by atoms with Crippen molar-refractivity contribution in [3.05, 3.63) is 22.8 Å². The molecule has 0 aromatic carbocycles. The number of hydrogen-bond donors (Lipinski definition) is 1. The molecule has 2 aromatic heterocycles. The zero-order chi connectivity index (χ0) is 22.4. The molecular formula is C21H28F3N5O2. The van der Waals surface area contributed by atoms with E-state index in [1.54, 1.807) is 13.8 Å². The molecule has 1 spiro atoms. The maximum absolute atomic E-state index is 12.9. The van der Waals surface area contributed by atoms with Crippen LogP contribution in [0, 0.1) is 19.3 Å². The fraction of sp³-hybridized carbons (Fsp3) is 0.714. The van der Waals surface area contributed by atoms with Gasteiger partial charge in [-0.1, -0.05) is 12.8 Å². The van der Waals surface area contributed by atoms with Crippen molar-refractivity contribution in [1.29, 1.82) is 0 Å². The number of alkyl halides is 3. The number of rotatable bonds is 6. The molecule has 170 valence electrons. The van der Waals surface area contributed by atoms with Crippen LogP contribution in [0.1, 0.15) is 68.2 Å². The Kier molecular flexibility index (Phi) is 5.70. The number of halogens is 3. The Balaban J connectivity index is 1.44. The van der Waals surface area contributed by atoms with Gasteiger partial charge >= 0.3 is 6.18 Å². The minimum atomic E-state index is -4.63. The summed E-state index contributed by atoms with van der Waals surface area (Å²) in [6, 6.07) is 0.131. The highest BCUT2D eigenvalue weighted by Gasteiger charge is 2.57. The van der Waals surface area contributed by atoms with E-state index in [1.165, 1.54) is 0 Å². The molecule has 1 amide bonds. The van der Waals surface area contributed by atoms with Crippen LogP contribution in [-0.2, 0) is 22.1 Å². The normalized spacial score (nSPS) is 22.8. The summed E-state index contributed by atoms with van der Waals surface area (Å²) < 4.78 is 45.8. The lowest BCUT2D eigenvalue weighted by Gasteiger charge is -2.54. The Hall–Kier alpha value is -2.23. The summed E-state index contributed by atoms with van der Waals surface area (Å²) in [7, 11) is 0. The van der Waals surface area contributed by atoms with Crippen molar-refractivity contribution in [2.24, 2.45) is 5.41 Å². The van der Waals surface area contributed by atoms with Gasteiger partial charge < -0.3 is 10.1 Å². The third-order valence-electron chi connectivity index (χ3n) is 6.93. The maximum atomic E-state index is 12.9. The fourth-order valence-corrected chi connectivity index (χ4v) is 5.28. The lowest BCUT2D eigenvalue weighted by molar-refractivity contribution is -0.145. The molecule has 31 heavy (non-hydrogen) atoms. The average molecular weight is 439 g/mol. The number of ether oxygens (including phenoxy) is 1. The van der Waals surface area contributed by atoms with Gasteiger partial charge in [0.05, 0.1) is 6.10 Å². The summed E-state index contributed by atoms with van der Waals surface area (Å²) in [4.78, 5) is 20.3. The van der Waals surface area contributed by atoms with Crippen molar-refractivity contribution in [3.8, 4) is 0 Å². The molecule has 0 aliphatic heterocycles. The second-order valence-electron chi connectivity index (χ2n) is 8.65. The van der Waals surface area contributed by atoms with Crippen molar-refractivity contribution < 1.29 is 22.7 Å². The third kappa shape index (κ3) is 3.90. The Morgan fingerprint density at radius 1 is 1.26 bits per heavy atom. The number of aromatic nitrogens is 4. The molecule has 1 N–H and O–H groups in total. The van der Waals surface area contributed by atoms with E-state index in [0.29, 0.717) is 24.4 Å². The zero-order valence-corrected chi connectivity index (χ0v) is 18.1. The van der Waals surface area contributed by atoms with Gasteiger partial charge in [-0.05, 0) is 52.0 Å². The largest absolute Gasteiger partial charge is 0.453 e. The second-order valence-corrected chi connectivity index (χ2v) is 8.65. The van der Waals surface area contributed by atoms with Gasteiger partial charge in [0.2, 0.25) is 5.91 Å². The van der Waals surface area contributed by atoms with Gasteiger partial charge in [0.25, 0.3) is 11.6 Å². The van der Waals surface area contributed by atoms with E-state index < -0.39 is 12.0 Å². The summed E-state index contributed by atoms with van der Waals surface area (Å²) in [5.74, 6) is -1.36. The molecule has 2 aliphatic rings. The summed E-state index contributed by atoms with van der Waals surface area (Å²) in [6.07, 6.45) is 1.53. The molecule has 2 atom stereocenters. The Labute approximate surface area is 178 Å². The predicted molar refractivity (Wildman–Crippen MR) is 106 cm³/mol. The maximum Gasteiger partial charge on any atom is 0.453 e. The van der Waals surface area contributed by atoms with Gasteiger partial charge in [-0.15, -0.1) is 5.10 Å². The highest BCUT2D eigenvalue weighted by molar-refractivity contribution is 5.77. The molecule has 2 saturated carbocycles. The van der Waals surface area contributed by atoms with Crippen LogP contribution in [0.3, 0.4) is 0 Å². The fourth-order valence-electron chi connectivity index (χ4n) is 5.28. The number of amides is 1. The lowest BCUT2D eigenvalue weighted by atomic mass is 9.60. The average Bonchev–Trinajstić information content (AvgIpc) is 3.35. The van der Waals surface area contributed by atoms with Crippen molar-refractivity contribution in [3.63, 3.8) is 0 Å². The Morgan fingerprint density at radius 3 is 2.61 bits per heavy atom. The molecule has 0 radical (unpaired) electrons. The highest BCUT2D eigenvalue weighted by Crippen LogP contribution is 2.54. The monoisotopic (exact) mass is 439 g/mol. The lowest BCUT2D eigenvalue weighted by Crippen LogP contribution is -2.63. The Morgan fingerprint density at radius 2 is 1.97 bits per heavy atom. The molecule has 10 heteroatoms. The van der Waals surface area contributed by atoms with Crippen LogP contribution in [0.2, 0.25) is 0 Å². The number of carbonyl (C=O) groups excluding carboxylic acids is 1. The molecule has 0 bridgehead atoms. The van der Waals surface area contributed by atoms with Crippen molar-refractivity contribution in [2.45, 2.75) is 84.0 Å². The number of fused-ring (bicyclic) bond motifs is 1. The van der Waals surface area contributed by atoms with E-state index >= 15 is 0 Å². The second kappa shape index (κ2) is 8.03. The van der Waals surface area contributed by atoms with Crippen molar-refractivity contribution >= 4 is 11.7 Å². The smallest absolute Gasteiger partial charge is 0.378 e. The van der Waals surface area contributed by atoms with Gasteiger partial charge in [-0.25, -0.2) is 9.50 Å². The van der Waals surface area contributed by atoms with Crippen LogP contribution in [0.4, 0.5) is 13.2 Å². The Bertz CT molecular complexity index is 982. The molecule has 0 unspecified atom stereocenters. The van der Waals surface area contributed by atoms with E-state index in [0.717, 1.165) is 42.2 Å². The number of carbonyl (C=O) groups is 1. The SMILES string of the molecule is CCO[C@@H]1C[C@@H](NC(=O)CCc2c(C)nc3nc(C(F)(F)F)nn3c2C)C12CCCC2. The van der Waals surface area contributed by atoms with Crippen molar-refractivity contribution in [1.82, 2.24) is 24.9 Å². The van der Waals surface area contributed by atoms with Gasteiger partial charge in [0.15, 0.2) is 0 Å². The van der Waals surface area contributed by atoms with Crippen LogP contribution < -0.4 is 5.32 Å². The minimum absolute atomic E-state index is 0.0558. The van der Waals surface area contributed by atoms with Gasteiger partial charge in [-0.2, -0.15) is 18.2 Å². The first kappa shape index (κ1) is 22.0. The molecule has 2 fully saturated rings. The number of nitrogens with one attached hydrogen (secondary N) is 1. The highest BCUT2D eigenvalue weighted by atomic mass is 19.4. The summed E-state index contributed by atoms with van der Waals surface area (Å²) in [6.45, 7) is 6.07. The molecule has 0 saturated heterocycles. The van der Waals surface area contributed by atoms with Crippen LogP contribution >= 0.6 is 0 Å². The summed E-state index contributed by atoms with van der Waals surface area (Å²) in [5.41, 5.74) is 1.86. The summed E-state index contributed by atoms with van der Waals surface area (Å²) in [5, 5.41) is 6.75. The molecule has 2 heterocycles. The van der Waals surface area contributed by atoms with E-state index in [2.05, 4.69) is 20.4 Å².